The van der Waals surface area contributed by atoms with Crippen molar-refractivity contribution in [3.63, 3.8) is 0 Å². The van der Waals surface area contributed by atoms with Crippen LogP contribution in [0.4, 0.5) is 9.18 Å². The average Bonchev–Trinajstić information content (AvgIpc) is 3.43. The zero-order chi connectivity index (χ0) is 15.8. The second-order valence-electron chi connectivity index (χ2n) is 7.09. The summed E-state index contributed by atoms with van der Waals surface area (Å²) in [7, 11) is 0. The number of hydrogen-bond acceptors (Lipinski definition) is 2. The van der Waals surface area contributed by atoms with Gasteiger partial charge in [-0.1, -0.05) is 12.1 Å². The minimum absolute atomic E-state index is 0.0824. The number of ether oxygens (including phenoxy) is 1. The summed E-state index contributed by atoms with van der Waals surface area (Å²) in [6.45, 7) is 0.744. The molecule has 0 radical (unpaired) electrons. The molecule has 1 aromatic rings. The predicted molar refractivity (Wildman–Crippen MR) is 84.7 cm³/mol. The highest BCUT2D eigenvalue weighted by Crippen LogP contribution is 2.41. The molecule has 1 heterocycles. The summed E-state index contributed by atoms with van der Waals surface area (Å²) >= 11 is 0. The maximum atomic E-state index is 12.9. The Balaban J connectivity index is 1.24. The van der Waals surface area contributed by atoms with Crippen molar-refractivity contribution in [2.75, 3.05) is 6.61 Å². The highest BCUT2D eigenvalue weighted by molar-refractivity contribution is 5.75. The van der Waals surface area contributed by atoms with Crippen LogP contribution in [0.1, 0.15) is 43.6 Å². The second kappa shape index (κ2) is 6.11. The topological polar surface area (TPSA) is 50.4 Å². The van der Waals surface area contributed by atoms with Gasteiger partial charge in [-0.25, -0.2) is 9.18 Å². The summed E-state index contributed by atoms with van der Waals surface area (Å²) in [6.07, 6.45) is 5.63. The summed E-state index contributed by atoms with van der Waals surface area (Å²) in [5.41, 5.74) is 1.09. The zero-order valence-electron chi connectivity index (χ0n) is 13.1. The van der Waals surface area contributed by atoms with E-state index in [2.05, 4.69) is 10.6 Å². The third kappa shape index (κ3) is 3.66. The maximum absolute atomic E-state index is 12.9. The average molecular weight is 318 g/mol. The zero-order valence-corrected chi connectivity index (χ0v) is 13.1. The molecule has 0 aromatic heterocycles. The van der Waals surface area contributed by atoms with Crippen LogP contribution >= 0.6 is 0 Å². The van der Waals surface area contributed by atoms with Gasteiger partial charge in [0.25, 0.3) is 0 Å². The van der Waals surface area contributed by atoms with Crippen molar-refractivity contribution in [2.45, 2.75) is 56.2 Å². The molecule has 2 aliphatic carbocycles. The van der Waals surface area contributed by atoms with E-state index in [1.54, 1.807) is 12.1 Å². The minimum Gasteiger partial charge on any atom is -0.378 e. The fraction of sp³-hybridized carbons (Fsp3) is 0.611. The van der Waals surface area contributed by atoms with Crippen LogP contribution in [0.3, 0.4) is 0 Å². The molecule has 4 atom stereocenters. The molecular formula is C18H23FN2O2. The van der Waals surface area contributed by atoms with Crippen LogP contribution in [0.15, 0.2) is 24.3 Å². The van der Waals surface area contributed by atoms with E-state index in [0.717, 1.165) is 31.4 Å². The molecule has 0 spiro atoms. The van der Waals surface area contributed by atoms with E-state index < -0.39 is 0 Å². The van der Waals surface area contributed by atoms with Crippen LogP contribution in [0, 0.1) is 11.7 Å². The summed E-state index contributed by atoms with van der Waals surface area (Å²) in [5.74, 6) is 0.811. The fourth-order valence-corrected chi connectivity index (χ4v) is 3.58. The smallest absolute Gasteiger partial charge is 0.315 e. The van der Waals surface area contributed by atoms with Gasteiger partial charge in [0.2, 0.25) is 0 Å². The Labute approximate surface area is 135 Å². The van der Waals surface area contributed by atoms with Crippen molar-refractivity contribution in [3.05, 3.63) is 35.6 Å². The van der Waals surface area contributed by atoms with E-state index in [4.69, 9.17) is 4.74 Å². The number of amides is 2. The molecule has 3 aliphatic rings. The van der Waals surface area contributed by atoms with E-state index in [0.29, 0.717) is 17.9 Å². The van der Waals surface area contributed by atoms with Crippen molar-refractivity contribution >= 4 is 6.03 Å². The highest BCUT2D eigenvalue weighted by Gasteiger charge is 2.40. The quantitative estimate of drug-likeness (QED) is 0.897. The molecule has 0 unspecified atom stereocenters. The minimum atomic E-state index is -0.221. The number of rotatable bonds is 4. The normalized spacial score (nSPS) is 33.1. The maximum Gasteiger partial charge on any atom is 0.315 e. The van der Waals surface area contributed by atoms with Gasteiger partial charge >= 0.3 is 6.03 Å². The number of benzene rings is 1. The van der Waals surface area contributed by atoms with Gasteiger partial charge in [0, 0.05) is 24.6 Å². The van der Waals surface area contributed by atoms with Gasteiger partial charge < -0.3 is 15.4 Å². The van der Waals surface area contributed by atoms with Crippen molar-refractivity contribution in [1.82, 2.24) is 10.6 Å². The van der Waals surface area contributed by atoms with Gasteiger partial charge in [-0.2, -0.15) is 0 Å². The Hall–Kier alpha value is -1.62. The Morgan fingerprint density at radius 1 is 1.09 bits per heavy atom. The monoisotopic (exact) mass is 318 g/mol. The molecule has 4 rings (SSSR count). The molecule has 124 valence electrons. The Morgan fingerprint density at radius 3 is 2.61 bits per heavy atom. The van der Waals surface area contributed by atoms with Crippen LogP contribution in [-0.4, -0.2) is 30.8 Å². The third-order valence-electron chi connectivity index (χ3n) is 5.20. The van der Waals surface area contributed by atoms with Gasteiger partial charge in [0.05, 0.1) is 6.10 Å². The van der Waals surface area contributed by atoms with Gasteiger partial charge in [-0.15, -0.1) is 0 Å². The predicted octanol–water partition coefficient (Wildman–Crippen LogP) is 2.94. The molecule has 1 aromatic carbocycles. The molecule has 23 heavy (non-hydrogen) atoms. The van der Waals surface area contributed by atoms with Gasteiger partial charge in [0.15, 0.2) is 0 Å². The Bertz CT molecular complexity index is 573. The lowest BCUT2D eigenvalue weighted by Crippen LogP contribution is -2.47. The van der Waals surface area contributed by atoms with Gasteiger partial charge in [-0.05, 0) is 55.7 Å². The standard InChI is InChI=1S/C18H23FN2O2/c19-13-5-3-11(4-6-13)15-10-16(15)21-18(22)20-14-7-8-23-17(9-14)12-1-2-12/h3-6,12,14-17H,1-2,7-10H2,(H2,20,21,22)/t14-,15-,16+,17-/m0/s1. The van der Waals surface area contributed by atoms with E-state index in [1.807, 2.05) is 0 Å². The number of carbonyl (C=O) groups excluding carboxylic acids is 1. The number of nitrogens with one attached hydrogen (secondary N) is 2. The molecule has 2 saturated carbocycles. The highest BCUT2D eigenvalue weighted by atomic mass is 19.1. The van der Waals surface area contributed by atoms with Gasteiger partial charge in [-0.3, -0.25) is 0 Å². The van der Waals surface area contributed by atoms with Crippen molar-refractivity contribution in [2.24, 2.45) is 5.92 Å². The molecule has 2 amide bonds. The van der Waals surface area contributed by atoms with E-state index >= 15 is 0 Å². The first-order valence-corrected chi connectivity index (χ1v) is 8.63. The molecule has 4 nitrogen and oxygen atoms in total. The molecule has 3 fully saturated rings. The van der Waals surface area contributed by atoms with Gasteiger partial charge in [0.1, 0.15) is 5.82 Å². The molecular weight excluding hydrogens is 295 g/mol. The number of halogens is 1. The number of urea groups is 1. The first-order chi connectivity index (χ1) is 11.2. The Morgan fingerprint density at radius 2 is 1.87 bits per heavy atom. The Kier molecular flexibility index (Phi) is 3.97. The lowest BCUT2D eigenvalue weighted by Gasteiger charge is -2.30. The first kappa shape index (κ1) is 14.9. The molecule has 1 aliphatic heterocycles. The van der Waals surface area contributed by atoms with Crippen molar-refractivity contribution < 1.29 is 13.9 Å². The third-order valence-corrected chi connectivity index (χ3v) is 5.20. The van der Waals surface area contributed by atoms with Crippen LogP contribution in [0.2, 0.25) is 0 Å². The van der Waals surface area contributed by atoms with Crippen LogP contribution < -0.4 is 10.6 Å². The summed E-state index contributed by atoms with van der Waals surface area (Å²) in [5, 5.41) is 6.13. The number of carbonyl (C=O) groups is 1. The lowest BCUT2D eigenvalue weighted by atomic mass is 10.0. The van der Waals surface area contributed by atoms with Crippen molar-refractivity contribution in [3.8, 4) is 0 Å². The van der Waals surface area contributed by atoms with E-state index in [1.165, 1.54) is 25.0 Å². The second-order valence-corrected chi connectivity index (χ2v) is 7.09. The van der Waals surface area contributed by atoms with Crippen LogP contribution in [0.5, 0.6) is 0 Å². The molecule has 1 saturated heterocycles. The fourth-order valence-electron chi connectivity index (χ4n) is 3.58. The summed E-state index contributed by atoms with van der Waals surface area (Å²) in [4.78, 5) is 12.2. The van der Waals surface area contributed by atoms with Crippen LogP contribution in [0.25, 0.3) is 0 Å². The lowest BCUT2D eigenvalue weighted by molar-refractivity contribution is -0.00914. The largest absolute Gasteiger partial charge is 0.378 e. The molecule has 0 bridgehead atoms. The molecule has 5 heteroatoms. The van der Waals surface area contributed by atoms with Crippen LogP contribution in [-0.2, 0) is 4.74 Å². The van der Waals surface area contributed by atoms with E-state index in [-0.39, 0.29) is 23.9 Å². The molecule has 2 N–H and O–H groups in total. The summed E-state index contributed by atoms with van der Waals surface area (Å²) in [6, 6.07) is 6.87. The van der Waals surface area contributed by atoms with Crippen molar-refractivity contribution in [1.29, 1.82) is 0 Å². The summed E-state index contributed by atoms with van der Waals surface area (Å²) < 4.78 is 18.7. The first-order valence-electron chi connectivity index (χ1n) is 8.63. The SMILES string of the molecule is O=C(N[C@H]1CCO[C@H](C2CC2)C1)N[C@@H]1C[C@H]1c1ccc(F)cc1. The van der Waals surface area contributed by atoms with E-state index in [9.17, 15) is 9.18 Å². The number of hydrogen-bond donors (Lipinski definition) is 2.